The molecule has 5 aromatic rings. The summed E-state index contributed by atoms with van der Waals surface area (Å²) < 4.78 is 1.51. The minimum Gasteiger partial charge on any atom is -0.343 e. The molecule has 1 aliphatic heterocycles. The Bertz CT molecular complexity index is 1550. The molecular weight excluding hydrogens is 454 g/mol. The average molecular weight is 477 g/mol. The predicted molar refractivity (Wildman–Crippen MR) is 136 cm³/mol. The molecule has 2 aromatic carbocycles. The first-order valence-electron chi connectivity index (χ1n) is 11.2. The summed E-state index contributed by atoms with van der Waals surface area (Å²) in [4.78, 5) is 23.4. The third-order valence-electron chi connectivity index (χ3n) is 6.61. The van der Waals surface area contributed by atoms with Gasteiger partial charge in [-0.1, -0.05) is 48.0 Å². The van der Waals surface area contributed by atoms with Crippen molar-refractivity contribution in [3.63, 3.8) is 0 Å². The van der Waals surface area contributed by atoms with E-state index in [-0.39, 0.29) is 5.56 Å². The zero-order valence-electron chi connectivity index (χ0n) is 18.2. The van der Waals surface area contributed by atoms with Gasteiger partial charge in [-0.3, -0.25) is 4.79 Å². The average Bonchev–Trinajstić information content (AvgIpc) is 3.29. The van der Waals surface area contributed by atoms with Crippen LogP contribution in [0.4, 0.5) is 5.82 Å². The van der Waals surface area contributed by atoms with E-state index in [1.54, 1.807) is 4.90 Å². The van der Waals surface area contributed by atoms with Gasteiger partial charge in [0.25, 0.3) is 5.56 Å². The van der Waals surface area contributed by atoms with Crippen LogP contribution < -0.4 is 15.4 Å². The molecule has 0 bridgehead atoms. The summed E-state index contributed by atoms with van der Waals surface area (Å²) in [6.45, 7) is 7.34. The summed E-state index contributed by atoms with van der Waals surface area (Å²) in [7, 11) is 0. The van der Waals surface area contributed by atoms with Gasteiger partial charge >= 0.3 is 0 Å². The number of anilines is 1. The van der Waals surface area contributed by atoms with E-state index in [9.17, 15) is 4.79 Å². The van der Waals surface area contributed by atoms with Crippen molar-refractivity contribution in [2.45, 2.75) is 6.92 Å². The maximum atomic E-state index is 13.8. The molecule has 6 rings (SSSR count). The number of halogens is 1. The number of hydrogen-bond donors (Lipinski definition) is 1. The Balaban J connectivity index is 1.60. The second-order valence-electron chi connectivity index (χ2n) is 8.45. The fourth-order valence-electron chi connectivity index (χ4n) is 4.73. The number of aromatic nitrogens is 3. The number of nitrogens with one attached hydrogen (secondary N) is 1. The molecule has 0 aliphatic carbocycles. The summed E-state index contributed by atoms with van der Waals surface area (Å²) in [5.41, 5.74) is 2.29. The summed E-state index contributed by atoms with van der Waals surface area (Å²) in [5, 5.41) is 10.2. The minimum absolute atomic E-state index is 0.133. The number of likely N-dealkylation sites (N-methyl/N-ethyl adjacent to an activating group) is 1. The zero-order chi connectivity index (χ0) is 22.5. The molecule has 1 aliphatic rings. The van der Waals surface area contributed by atoms with Crippen LogP contribution in [0.1, 0.15) is 6.92 Å². The molecule has 4 heterocycles. The fourth-order valence-corrected chi connectivity index (χ4v) is 5.80. The van der Waals surface area contributed by atoms with Gasteiger partial charge in [0, 0.05) is 26.7 Å². The Hall–Kier alpha value is -3.00. The van der Waals surface area contributed by atoms with Crippen LogP contribution in [0.5, 0.6) is 0 Å². The molecule has 0 saturated carbocycles. The number of hydrogen-bond acceptors (Lipinski definition) is 5. The van der Waals surface area contributed by atoms with E-state index in [4.69, 9.17) is 21.7 Å². The van der Waals surface area contributed by atoms with Crippen molar-refractivity contribution in [2.24, 2.45) is 0 Å². The lowest BCUT2D eigenvalue weighted by molar-refractivity contribution is -0.898. The Morgan fingerprint density at radius 3 is 2.52 bits per heavy atom. The first kappa shape index (κ1) is 20.6. The van der Waals surface area contributed by atoms with Crippen molar-refractivity contribution in [2.75, 3.05) is 37.6 Å². The maximum absolute atomic E-state index is 13.8. The molecule has 3 aromatic heterocycles. The van der Waals surface area contributed by atoms with Crippen LogP contribution in [0.2, 0.25) is 5.02 Å². The van der Waals surface area contributed by atoms with E-state index in [0.717, 1.165) is 65.3 Å². The quantitative estimate of drug-likeness (QED) is 0.405. The standard InChI is InChI=1S/C25H22ClN5OS/c1-2-29-11-13-30(14-12-29)23-19-6-4-3-5-18(19)22-27-24-21(25(32)31(22)28-23)20(15-33-24)16-7-9-17(26)10-8-16/h3-10,15H,2,11-14H2,1H3/p+1. The number of thiophene rings is 1. The van der Waals surface area contributed by atoms with Gasteiger partial charge in [0.05, 0.1) is 38.1 Å². The van der Waals surface area contributed by atoms with Crippen LogP contribution in [-0.4, -0.2) is 47.3 Å². The van der Waals surface area contributed by atoms with Crippen LogP contribution in [0, 0.1) is 0 Å². The second-order valence-corrected chi connectivity index (χ2v) is 9.74. The highest BCUT2D eigenvalue weighted by Crippen LogP contribution is 2.33. The SMILES string of the molecule is CC[NH+]1CCN(c2nn3c(=O)c4c(-c5ccc(Cl)cc5)csc4nc3c3ccccc23)CC1. The third-order valence-corrected chi connectivity index (χ3v) is 7.74. The topological polar surface area (TPSA) is 54.9 Å². The summed E-state index contributed by atoms with van der Waals surface area (Å²) >= 11 is 7.56. The van der Waals surface area contributed by atoms with Crippen molar-refractivity contribution in [3.05, 3.63) is 69.3 Å². The largest absolute Gasteiger partial charge is 0.343 e. The molecule has 1 fully saturated rings. The molecule has 0 unspecified atom stereocenters. The highest BCUT2D eigenvalue weighted by molar-refractivity contribution is 7.17. The summed E-state index contributed by atoms with van der Waals surface area (Å²) in [6, 6.07) is 15.7. The van der Waals surface area contributed by atoms with Crippen LogP contribution in [-0.2, 0) is 0 Å². The lowest BCUT2D eigenvalue weighted by Crippen LogP contribution is -3.14. The van der Waals surface area contributed by atoms with Gasteiger partial charge in [-0.25, -0.2) is 4.98 Å². The van der Waals surface area contributed by atoms with Crippen molar-refractivity contribution < 1.29 is 4.90 Å². The van der Waals surface area contributed by atoms with E-state index in [1.807, 2.05) is 47.8 Å². The molecule has 166 valence electrons. The molecule has 8 heteroatoms. The molecule has 0 spiro atoms. The van der Waals surface area contributed by atoms with Crippen LogP contribution in [0.3, 0.4) is 0 Å². The molecule has 0 amide bonds. The Labute approximate surface area is 199 Å². The number of benzene rings is 2. The second kappa shape index (κ2) is 8.09. The predicted octanol–water partition coefficient (Wildman–Crippen LogP) is 3.50. The smallest absolute Gasteiger partial charge is 0.283 e. The van der Waals surface area contributed by atoms with Gasteiger partial charge in [0.1, 0.15) is 4.83 Å². The lowest BCUT2D eigenvalue weighted by atomic mass is 10.1. The molecule has 0 atom stereocenters. The summed E-state index contributed by atoms with van der Waals surface area (Å²) in [6.07, 6.45) is 0. The number of fused-ring (bicyclic) bond motifs is 4. The first-order chi connectivity index (χ1) is 16.1. The maximum Gasteiger partial charge on any atom is 0.283 e. The van der Waals surface area contributed by atoms with Crippen molar-refractivity contribution in [3.8, 4) is 11.1 Å². The number of quaternary nitrogens is 1. The first-order valence-corrected chi connectivity index (χ1v) is 12.5. The molecule has 0 radical (unpaired) electrons. The van der Waals surface area contributed by atoms with Crippen LogP contribution in [0.25, 0.3) is 37.8 Å². The third kappa shape index (κ3) is 3.39. The van der Waals surface area contributed by atoms with E-state index in [2.05, 4.69) is 17.9 Å². The van der Waals surface area contributed by atoms with Gasteiger partial charge in [-0.2, -0.15) is 4.52 Å². The number of piperazine rings is 1. The highest BCUT2D eigenvalue weighted by atomic mass is 35.5. The zero-order valence-corrected chi connectivity index (χ0v) is 19.8. The lowest BCUT2D eigenvalue weighted by Gasteiger charge is -2.32. The molecule has 6 nitrogen and oxygen atoms in total. The van der Waals surface area contributed by atoms with E-state index in [0.29, 0.717) is 16.1 Å². The minimum atomic E-state index is -0.133. The van der Waals surface area contributed by atoms with Crippen molar-refractivity contribution >= 4 is 55.4 Å². The fraction of sp³-hybridized carbons (Fsp3) is 0.240. The monoisotopic (exact) mass is 476 g/mol. The van der Waals surface area contributed by atoms with Crippen molar-refractivity contribution in [1.82, 2.24) is 14.6 Å². The molecule has 33 heavy (non-hydrogen) atoms. The molecular formula is C25H23ClN5OS+. The van der Waals surface area contributed by atoms with Gasteiger partial charge in [0.15, 0.2) is 11.5 Å². The van der Waals surface area contributed by atoms with E-state index < -0.39 is 0 Å². The van der Waals surface area contributed by atoms with Crippen molar-refractivity contribution in [1.29, 1.82) is 0 Å². The Morgan fingerprint density at radius 2 is 1.79 bits per heavy atom. The highest BCUT2D eigenvalue weighted by Gasteiger charge is 2.24. The number of rotatable bonds is 3. The Kier molecular flexibility index (Phi) is 5.05. The van der Waals surface area contributed by atoms with Gasteiger partial charge < -0.3 is 9.80 Å². The van der Waals surface area contributed by atoms with E-state index in [1.165, 1.54) is 15.9 Å². The van der Waals surface area contributed by atoms with E-state index >= 15 is 0 Å². The van der Waals surface area contributed by atoms with Crippen LogP contribution in [0.15, 0.2) is 58.7 Å². The Morgan fingerprint density at radius 1 is 1.06 bits per heavy atom. The van der Waals surface area contributed by atoms with Gasteiger partial charge in [-0.05, 0) is 24.6 Å². The summed E-state index contributed by atoms with van der Waals surface area (Å²) in [5.74, 6) is 0.861. The van der Waals surface area contributed by atoms with Gasteiger partial charge in [0.2, 0.25) is 0 Å². The number of nitrogens with zero attached hydrogens (tertiary/aromatic N) is 4. The molecule has 1 N–H and O–H groups in total. The van der Waals surface area contributed by atoms with Gasteiger partial charge in [-0.15, -0.1) is 16.4 Å². The normalized spacial score (nSPS) is 15.2. The van der Waals surface area contributed by atoms with Crippen LogP contribution >= 0.6 is 22.9 Å². The molecule has 1 saturated heterocycles.